The van der Waals surface area contributed by atoms with Crippen LogP contribution in [0.25, 0.3) is 10.4 Å². The second kappa shape index (κ2) is 7.45. The summed E-state index contributed by atoms with van der Waals surface area (Å²) in [5.74, 6) is 0.818. The van der Waals surface area contributed by atoms with E-state index in [9.17, 15) is 8.42 Å². The van der Waals surface area contributed by atoms with Crippen molar-refractivity contribution >= 4 is 21.4 Å². The van der Waals surface area contributed by atoms with Gasteiger partial charge in [-0.15, -0.1) is 11.3 Å². The summed E-state index contributed by atoms with van der Waals surface area (Å²) in [7, 11) is -3.42. The van der Waals surface area contributed by atoms with E-state index in [1.807, 2.05) is 51.1 Å². The summed E-state index contributed by atoms with van der Waals surface area (Å²) in [6, 6.07) is 11.5. The summed E-state index contributed by atoms with van der Waals surface area (Å²) in [6.07, 6.45) is 0.130. The number of hydrogen-bond acceptors (Lipinski definition) is 5. The Morgan fingerprint density at radius 1 is 1.20 bits per heavy atom. The van der Waals surface area contributed by atoms with Crippen molar-refractivity contribution in [1.82, 2.24) is 9.62 Å². The first-order valence-electron chi connectivity index (χ1n) is 8.47. The Kier molecular flexibility index (Phi) is 5.48. The molecule has 1 saturated heterocycles. The lowest BCUT2D eigenvalue weighted by Gasteiger charge is -2.30. The van der Waals surface area contributed by atoms with Gasteiger partial charge in [0.05, 0.1) is 6.10 Å². The van der Waals surface area contributed by atoms with E-state index in [4.69, 9.17) is 4.74 Å². The Labute approximate surface area is 153 Å². The van der Waals surface area contributed by atoms with Crippen LogP contribution in [0.4, 0.5) is 0 Å². The fraction of sp³-hybridized carbons (Fsp3) is 0.444. The van der Waals surface area contributed by atoms with Gasteiger partial charge < -0.3 is 10.1 Å². The monoisotopic (exact) mass is 380 g/mol. The molecule has 2 heterocycles. The third-order valence-electron chi connectivity index (χ3n) is 4.02. The number of nitrogens with zero attached hydrogens (tertiary/aromatic N) is 1. The van der Waals surface area contributed by atoms with Gasteiger partial charge in [0.15, 0.2) is 0 Å². The molecule has 2 aromatic rings. The molecule has 0 spiro atoms. The highest BCUT2D eigenvalue weighted by atomic mass is 32.2. The first kappa shape index (κ1) is 18.4. The second-order valence-corrected chi connectivity index (χ2v) is 9.78. The van der Waals surface area contributed by atoms with E-state index in [2.05, 4.69) is 5.32 Å². The fourth-order valence-corrected chi connectivity index (χ4v) is 5.82. The number of ether oxygens (including phenoxy) is 1. The van der Waals surface area contributed by atoms with Gasteiger partial charge in [0.25, 0.3) is 10.0 Å². The zero-order chi connectivity index (χ0) is 18.0. The Balaban J connectivity index is 1.79. The SMILES string of the molecule is CC(C)Oc1ccc(-c2ccc(S(=O)(=O)N3CCN[C@H](C)C3)s2)cc1. The number of sulfonamides is 1. The van der Waals surface area contributed by atoms with Crippen LogP contribution in [0, 0.1) is 0 Å². The van der Waals surface area contributed by atoms with Crippen molar-refractivity contribution in [2.24, 2.45) is 0 Å². The van der Waals surface area contributed by atoms with Crippen LogP contribution in [0.15, 0.2) is 40.6 Å². The van der Waals surface area contributed by atoms with Gasteiger partial charge in [0.1, 0.15) is 9.96 Å². The molecule has 1 atom stereocenters. The van der Waals surface area contributed by atoms with Crippen molar-refractivity contribution in [1.29, 1.82) is 0 Å². The first-order valence-corrected chi connectivity index (χ1v) is 10.7. The molecule has 0 aliphatic carbocycles. The first-order chi connectivity index (χ1) is 11.9. The van der Waals surface area contributed by atoms with Crippen LogP contribution in [0.1, 0.15) is 20.8 Å². The third kappa shape index (κ3) is 4.23. The van der Waals surface area contributed by atoms with Crippen LogP contribution in [0.5, 0.6) is 5.75 Å². The molecule has 0 amide bonds. The van der Waals surface area contributed by atoms with Crippen LogP contribution < -0.4 is 10.1 Å². The fourth-order valence-electron chi connectivity index (χ4n) is 2.83. The van der Waals surface area contributed by atoms with Crippen molar-refractivity contribution in [2.75, 3.05) is 19.6 Å². The predicted octanol–water partition coefficient (Wildman–Crippen LogP) is 3.18. The molecule has 136 valence electrons. The molecular formula is C18H24N2O3S2. The lowest BCUT2D eigenvalue weighted by Crippen LogP contribution is -2.51. The van der Waals surface area contributed by atoms with Gasteiger partial charge in [-0.05, 0) is 62.7 Å². The highest BCUT2D eigenvalue weighted by Crippen LogP contribution is 2.33. The predicted molar refractivity (Wildman–Crippen MR) is 102 cm³/mol. The average molecular weight is 381 g/mol. The summed E-state index contributed by atoms with van der Waals surface area (Å²) < 4.78 is 33.3. The number of benzene rings is 1. The van der Waals surface area contributed by atoms with Crippen molar-refractivity contribution in [2.45, 2.75) is 37.1 Å². The Bertz CT molecular complexity index is 813. The largest absolute Gasteiger partial charge is 0.491 e. The molecule has 0 bridgehead atoms. The molecule has 0 unspecified atom stereocenters. The smallest absolute Gasteiger partial charge is 0.252 e. The van der Waals surface area contributed by atoms with Gasteiger partial charge in [0, 0.05) is 30.6 Å². The summed E-state index contributed by atoms with van der Waals surface area (Å²) in [6.45, 7) is 7.69. The van der Waals surface area contributed by atoms with Crippen molar-refractivity contribution in [3.8, 4) is 16.2 Å². The van der Waals surface area contributed by atoms with Gasteiger partial charge in [-0.1, -0.05) is 0 Å². The lowest BCUT2D eigenvalue weighted by atomic mass is 10.2. The number of thiophene rings is 1. The standard InChI is InChI=1S/C18H24N2O3S2/c1-13(2)23-16-6-4-15(5-7-16)17-8-9-18(24-17)25(21,22)20-11-10-19-14(3)12-20/h4-9,13-14,19H,10-12H2,1-3H3/t14-/m1/s1. The van der Waals surface area contributed by atoms with Crippen LogP contribution in [0.3, 0.4) is 0 Å². The van der Waals surface area contributed by atoms with Gasteiger partial charge in [-0.2, -0.15) is 4.31 Å². The maximum absolute atomic E-state index is 12.8. The molecule has 0 radical (unpaired) electrons. The molecule has 1 fully saturated rings. The normalized spacial score (nSPS) is 19.3. The number of hydrogen-bond donors (Lipinski definition) is 1. The highest BCUT2D eigenvalue weighted by Gasteiger charge is 2.29. The average Bonchev–Trinajstić information content (AvgIpc) is 3.06. The quantitative estimate of drug-likeness (QED) is 0.865. The number of nitrogens with one attached hydrogen (secondary N) is 1. The Morgan fingerprint density at radius 3 is 2.56 bits per heavy atom. The van der Waals surface area contributed by atoms with Crippen LogP contribution >= 0.6 is 11.3 Å². The summed E-state index contributed by atoms with van der Waals surface area (Å²) >= 11 is 1.32. The molecule has 7 heteroatoms. The minimum absolute atomic E-state index is 0.130. The molecule has 0 saturated carbocycles. The Morgan fingerprint density at radius 2 is 1.92 bits per heavy atom. The molecule has 1 aromatic heterocycles. The van der Waals surface area contributed by atoms with E-state index in [0.29, 0.717) is 23.8 Å². The van der Waals surface area contributed by atoms with Gasteiger partial charge in [-0.25, -0.2) is 8.42 Å². The maximum Gasteiger partial charge on any atom is 0.252 e. The van der Waals surface area contributed by atoms with E-state index in [1.54, 1.807) is 10.4 Å². The topological polar surface area (TPSA) is 58.6 Å². The summed E-state index contributed by atoms with van der Waals surface area (Å²) in [5, 5.41) is 3.27. The van der Waals surface area contributed by atoms with E-state index in [1.165, 1.54) is 11.3 Å². The number of rotatable bonds is 5. The van der Waals surface area contributed by atoms with Crippen LogP contribution in [-0.2, 0) is 10.0 Å². The second-order valence-electron chi connectivity index (χ2n) is 6.53. The maximum atomic E-state index is 12.8. The Hall–Kier alpha value is -1.41. The van der Waals surface area contributed by atoms with Crippen LogP contribution in [-0.4, -0.2) is 44.5 Å². The van der Waals surface area contributed by atoms with Crippen molar-refractivity contribution in [3.63, 3.8) is 0 Å². The van der Waals surface area contributed by atoms with Gasteiger partial charge >= 0.3 is 0 Å². The molecule has 1 aromatic carbocycles. The summed E-state index contributed by atoms with van der Waals surface area (Å²) in [4.78, 5) is 0.942. The zero-order valence-corrected chi connectivity index (χ0v) is 16.4. The number of piperazine rings is 1. The summed E-state index contributed by atoms with van der Waals surface area (Å²) in [5.41, 5.74) is 0.997. The lowest BCUT2D eigenvalue weighted by molar-refractivity contribution is 0.242. The van der Waals surface area contributed by atoms with Crippen molar-refractivity contribution < 1.29 is 13.2 Å². The molecule has 1 aliphatic heterocycles. The molecule has 3 rings (SSSR count). The minimum Gasteiger partial charge on any atom is -0.491 e. The third-order valence-corrected chi connectivity index (χ3v) is 7.48. The van der Waals surface area contributed by atoms with Gasteiger partial charge in [-0.3, -0.25) is 0 Å². The van der Waals surface area contributed by atoms with E-state index < -0.39 is 10.0 Å². The van der Waals surface area contributed by atoms with E-state index in [0.717, 1.165) is 16.2 Å². The molecule has 5 nitrogen and oxygen atoms in total. The molecule has 1 N–H and O–H groups in total. The van der Waals surface area contributed by atoms with Crippen LogP contribution in [0.2, 0.25) is 0 Å². The zero-order valence-electron chi connectivity index (χ0n) is 14.7. The van der Waals surface area contributed by atoms with Gasteiger partial charge in [0.2, 0.25) is 0 Å². The van der Waals surface area contributed by atoms with Crippen molar-refractivity contribution in [3.05, 3.63) is 36.4 Å². The molecular weight excluding hydrogens is 356 g/mol. The van der Waals surface area contributed by atoms with E-state index >= 15 is 0 Å². The molecule has 1 aliphatic rings. The minimum atomic E-state index is -3.42. The highest BCUT2D eigenvalue weighted by molar-refractivity contribution is 7.91. The molecule has 25 heavy (non-hydrogen) atoms. The van der Waals surface area contributed by atoms with E-state index in [-0.39, 0.29) is 12.1 Å².